The summed E-state index contributed by atoms with van der Waals surface area (Å²) in [6.45, 7) is 6.38. The number of imidazole rings is 1. The molecule has 4 nitrogen and oxygen atoms in total. The first-order valence-electron chi connectivity index (χ1n) is 7.20. The molecule has 0 saturated heterocycles. The summed E-state index contributed by atoms with van der Waals surface area (Å²) in [6, 6.07) is 3.52. The van der Waals surface area contributed by atoms with Gasteiger partial charge in [0.25, 0.3) is 0 Å². The number of nitrogens with one attached hydrogen (secondary N) is 1. The van der Waals surface area contributed by atoms with Gasteiger partial charge in [0, 0.05) is 6.54 Å². The van der Waals surface area contributed by atoms with Gasteiger partial charge in [-0.25, -0.2) is 9.97 Å². The highest BCUT2D eigenvalue weighted by Gasteiger charge is 2.31. The first kappa shape index (κ1) is 15.3. The van der Waals surface area contributed by atoms with E-state index in [1.165, 1.54) is 6.07 Å². The topological polar surface area (TPSA) is 42.2 Å². The summed E-state index contributed by atoms with van der Waals surface area (Å²) in [4.78, 5) is 8.64. The number of aromatic nitrogens is 3. The maximum atomic E-state index is 12.9. The maximum Gasteiger partial charge on any atom is 0.416 e. The SMILES string of the molecule is C=Cc1cnc2c(NCCC)nc3cc(C(F)(F)F)ccc3n12. The Morgan fingerprint density at radius 1 is 1.35 bits per heavy atom. The normalized spacial score (nSPS) is 12.0. The van der Waals surface area contributed by atoms with Crippen LogP contribution in [0.25, 0.3) is 22.8 Å². The summed E-state index contributed by atoms with van der Waals surface area (Å²) in [5, 5.41) is 3.12. The van der Waals surface area contributed by atoms with Gasteiger partial charge in [0.2, 0.25) is 0 Å². The number of alkyl halides is 3. The van der Waals surface area contributed by atoms with Crippen molar-refractivity contribution in [3.05, 3.63) is 42.2 Å². The predicted molar refractivity (Wildman–Crippen MR) is 84.4 cm³/mol. The third-order valence-corrected chi connectivity index (χ3v) is 3.53. The van der Waals surface area contributed by atoms with Crippen molar-refractivity contribution in [1.82, 2.24) is 14.4 Å². The van der Waals surface area contributed by atoms with Gasteiger partial charge in [0.05, 0.1) is 28.5 Å². The Kier molecular flexibility index (Phi) is 3.71. The Hall–Kier alpha value is -2.57. The second-order valence-corrected chi connectivity index (χ2v) is 5.13. The molecular weight excluding hydrogens is 305 g/mol. The molecule has 0 saturated carbocycles. The van der Waals surface area contributed by atoms with Crippen LogP contribution in [0.1, 0.15) is 24.6 Å². The van der Waals surface area contributed by atoms with Crippen LogP contribution < -0.4 is 5.32 Å². The van der Waals surface area contributed by atoms with Gasteiger partial charge in [0.1, 0.15) is 0 Å². The lowest BCUT2D eigenvalue weighted by Crippen LogP contribution is -2.08. The molecule has 0 fully saturated rings. The quantitative estimate of drug-likeness (QED) is 0.776. The van der Waals surface area contributed by atoms with Gasteiger partial charge in [-0.05, 0) is 30.7 Å². The molecule has 0 atom stereocenters. The van der Waals surface area contributed by atoms with Crippen molar-refractivity contribution >= 4 is 28.6 Å². The van der Waals surface area contributed by atoms with E-state index in [-0.39, 0.29) is 5.52 Å². The van der Waals surface area contributed by atoms with Crippen molar-refractivity contribution in [3.8, 4) is 0 Å². The predicted octanol–water partition coefficient (Wildman–Crippen LogP) is 4.37. The fourth-order valence-corrected chi connectivity index (χ4v) is 2.44. The van der Waals surface area contributed by atoms with Gasteiger partial charge in [0.15, 0.2) is 11.5 Å². The van der Waals surface area contributed by atoms with E-state index >= 15 is 0 Å². The fraction of sp³-hybridized carbons (Fsp3) is 0.250. The van der Waals surface area contributed by atoms with E-state index in [1.807, 2.05) is 6.92 Å². The minimum absolute atomic E-state index is 0.257. The van der Waals surface area contributed by atoms with Crippen LogP contribution >= 0.6 is 0 Å². The van der Waals surface area contributed by atoms with Crippen LogP contribution in [0, 0.1) is 0 Å². The second kappa shape index (κ2) is 5.57. The van der Waals surface area contributed by atoms with Crippen LogP contribution in [0.5, 0.6) is 0 Å². The van der Waals surface area contributed by atoms with Gasteiger partial charge in [-0.15, -0.1) is 0 Å². The number of nitrogens with zero attached hydrogens (tertiary/aromatic N) is 3. The average molecular weight is 320 g/mol. The highest BCUT2D eigenvalue weighted by atomic mass is 19.4. The molecule has 23 heavy (non-hydrogen) atoms. The van der Waals surface area contributed by atoms with E-state index < -0.39 is 11.7 Å². The Labute approximate surface area is 130 Å². The van der Waals surface area contributed by atoms with Crippen LogP contribution in [0.4, 0.5) is 19.0 Å². The molecule has 1 aromatic carbocycles. The molecule has 0 spiro atoms. The summed E-state index contributed by atoms with van der Waals surface area (Å²) in [5.41, 5.74) is 1.36. The fourth-order valence-electron chi connectivity index (χ4n) is 2.44. The van der Waals surface area contributed by atoms with Crippen molar-refractivity contribution in [2.75, 3.05) is 11.9 Å². The Morgan fingerprint density at radius 2 is 2.13 bits per heavy atom. The monoisotopic (exact) mass is 320 g/mol. The lowest BCUT2D eigenvalue weighted by Gasteiger charge is -2.12. The Balaban J connectivity index is 2.33. The summed E-state index contributed by atoms with van der Waals surface area (Å²) < 4.78 is 40.6. The molecular formula is C16H15F3N4. The number of hydrogen-bond acceptors (Lipinski definition) is 3. The van der Waals surface area contributed by atoms with Crippen molar-refractivity contribution in [3.63, 3.8) is 0 Å². The molecule has 3 aromatic rings. The molecule has 0 radical (unpaired) electrons. The molecule has 2 aromatic heterocycles. The zero-order valence-electron chi connectivity index (χ0n) is 12.5. The molecule has 0 aliphatic rings. The van der Waals surface area contributed by atoms with Crippen molar-refractivity contribution in [2.24, 2.45) is 0 Å². The molecule has 7 heteroatoms. The van der Waals surface area contributed by atoms with Crippen molar-refractivity contribution in [1.29, 1.82) is 0 Å². The van der Waals surface area contributed by atoms with Gasteiger partial charge in [-0.1, -0.05) is 13.5 Å². The molecule has 3 rings (SSSR count). The van der Waals surface area contributed by atoms with Crippen LogP contribution in [-0.4, -0.2) is 20.9 Å². The third kappa shape index (κ3) is 2.62. The molecule has 0 amide bonds. The highest BCUT2D eigenvalue weighted by molar-refractivity contribution is 5.85. The second-order valence-electron chi connectivity index (χ2n) is 5.13. The Bertz CT molecular complexity index is 880. The molecule has 2 heterocycles. The largest absolute Gasteiger partial charge is 0.416 e. The van der Waals surface area contributed by atoms with Crippen molar-refractivity contribution in [2.45, 2.75) is 19.5 Å². The van der Waals surface area contributed by atoms with Gasteiger partial charge >= 0.3 is 6.18 Å². The van der Waals surface area contributed by atoms with Crippen LogP contribution in [-0.2, 0) is 6.18 Å². The number of halogens is 3. The summed E-state index contributed by atoms with van der Waals surface area (Å²) in [7, 11) is 0. The standard InChI is InChI=1S/C16H15F3N4/c1-3-7-20-14-15-21-9-11(4-2)23(15)13-6-5-10(16(17,18)19)8-12(13)22-14/h4-6,8-9H,2-3,7H2,1H3,(H,20,22). The number of rotatable bonds is 4. The van der Waals surface area contributed by atoms with E-state index in [0.29, 0.717) is 29.2 Å². The van der Waals surface area contributed by atoms with Crippen LogP contribution in [0.2, 0.25) is 0 Å². The lowest BCUT2D eigenvalue weighted by atomic mass is 10.2. The molecule has 1 N–H and O–H groups in total. The third-order valence-electron chi connectivity index (χ3n) is 3.53. The number of benzene rings is 1. The maximum absolute atomic E-state index is 12.9. The molecule has 0 bridgehead atoms. The lowest BCUT2D eigenvalue weighted by molar-refractivity contribution is -0.137. The van der Waals surface area contributed by atoms with Crippen LogP contribution in [0.3, 0.4) is 0 Å². The molecule has 0 aliphatic carbocycles. The highest BCUT2D eigenvalue weighted by Crippen LogP contribution is 2.32. The van der Waals surface area contributed by atoms with E-state index in [0.717, 1.165) is 18.6 Å². The minimum Gasteiger partial charge on any atom is -0.367 e. The number of fused-ring (bicyclic) bond motifs is 3. The summed E-state index contributed by atoms with van der Waals surface area (Å²) in [6.07, 6.45) is -0.305. The van der Waals surface area contributed by atoms with E-state index in [4.69, 9.17) is 0 Å². The summed E-state index contributed by atoms with van der Waals surface area (Å²) >= 11 is 0. The van der Waals surface area contributed by atoms with Gasteiger partial charge in [-0.3, -0.25) is 4.40 Å². The zero-order chi connectivity index (χ0) is 16.6. The van der Waals surface area contributed by atoms with Gasteiger partial charge < -0.3 is 5.32 Å². The summed E-state index contributed by atoms with van der Waals surface area (Å²) in [5.74, 6) is 0.465. The van der Waals surface area contributed by atoms with E-state index in [1.54, 1.807) is 16.7 Å². The molecule has 0 unspecified atom stereocenters. The first-order valence-corrected chi connectivity index (χ1v) is 7.20. The zero-order valence-corrected chi connectivity index (χ0v) is 12.5. The van der Waals surface area contributed by atoms with Crippen LogP contribution in [0.15, 0.2) is 31.0 Å². The van der Waals surface area contributed by atoms with Gasteiger partial charge in [-0.2, -0.15) is 13.2 Å². The number of anilines is 1. The Morgan fingerprint density at radius 3 is 2.78 bits per heavy atom. The minimum atomic E-state index is -4.40. The smallest absolute Gasteiger partial charge is 0.367 e. The molecule has 0 aliphatic heterocycles. The number of hydrogen-bond donors (Lipinski definition) is 1. The van der Waals surface area contributed by atoms with E-state index in [2.05, 4.69) is 21.9 Å². The van der Waals surface area contributed by atoms with E-state index in [9.17, 15) is 13.2 Å². The van der Waals surface area contributed by atoms with Crippen molar-refractivity contribution < 1.29 is 13.2 Å². The first-order chi connectivity index (χ1) is 11.0. The molecule has 120 valence electrons. The average Bonchev–Trinajstić information content (AvgIpc) is 2.95.